The largest absolute Gasteiger partial charge is 0.348 e. The molecule has 1 saturated heterocycles. The third-order valence-electron chi connectivity index (χ3n) is 6.36. The molecule has 3 aromatic heterocycles. The first-order valence-corrected chi connectivity index (χ1v) is 12.2. The molecule has 1 aliphatic rings. The molecule has 0 atom stereocenters. The van der Waals surface area contributed by atoms with Crippen molar-refractivity contribution >= 4 is 28.1 Å². The van der Waals surface area contributed by atoms with E-state index in [4.69, 9.17) is 4.98 Å². The Morgan fingerprint density at radius 1 is 1.21 bits per heavy atom. The van der Waals surface area contributed by atoms with E-state index in [2.05, 4.69) is 39.2 Å². The van der Waals surface area contributed by atoms with Crippen molar-refractivity contribution < 1.29 is 4.79 Å². The Hall–Kier alpha value is -3.10. The Morgan fingerprint density at radius 2 is 2.03 bits per heavy atom. The summed E-state index contributed by atoms with van der Waals surface area (Å²) in [6.45, 7) is 8.48. The van der Waals surface area contributed by atoms with E-state index < -0.39 is 0 Å². The summed E-state index contributed by atoms with van der Waals surface area (Å²) in [4.78, 5) is 25.7. The molecule has 1 fully saturated rings. The number of rotatable bonds is 5. The lowest BCUT2D eigenvalue weighted by atomic mass is 10.0. The number of carbonyl (C=O) groups excluding carboxylic acids is 1. The summed E-state index contributed by atoms with van der Waals surface area (Å²) in [6.07, 6.45) is 5.42. The minimum absolute atomic E-state index is 0.126. The quantitative estimate of drug-likeness (QED) is 0.452. The molecule has 0 saturated carbocycles. The van der Waals surface area contributed by atoms with Gasteiger partial charge in [-0.25, -0.2) is 4.98 Å². The van der Waals surface area contributed by atoms with Crippen LogP contribution >= 0.6 is 11.3 Å². The van der Waals surface area contributed by atoms with E-state index in [1.54, 1.807) is 12.4 Å². The van der Waals surface area contributed by atoms with Gasteiger partial charge < -0.3 is 10.2 Å². The summed E-state index contributed by atoms with van der Waals surface area (Å²) in [5, 5.41) is 12.6. The fourth-order valence-electron chi connectivity index (χ4n) is 4.43. The van der Waals surface area contributed by atoms with Gasteiger partial charge in [0, 0.05) is 48.5 Å². The van der Waals surface area contributed by atoms with Crippen molar-refractivity contribution in [3.8, 4) is 21.1 Å². The number of benzene rings is 1. The second-order valence-electron chi connectivity index (χ2n) is 8.89. The Kier molecular flexibility index (Phi) is 5.95. The van der Waals surface area contributed by atoms with Crippen LogP contribution < -0.4 is 5.32 Å². The number of piperidine rings is 1. The second-order valence-corrected chi connectivity index (χ2v) is 9.88. The normalized spacial score (nSPS) is 15.4. The zero-order valence-corrected chi connectivity index (χ0v) is 19.9. The van der Waals surface area contributed by atoms with E-state index in [1.165, 1.54) is 11.3 Å². The minimum Gasteiger partial charge on any atom is -0.348 e. The van der Waals surface area contributed by atoms with Gasteiger partial charge in [-0.15, -0.1) is 11.3 Å². The van der Waals surface area contributed by atoms with Crippen LogP contribution in [0.25, 0.3) is 32.0 Å². The zero-order valence-electron chi connectivity index (χ0n) is 19.1. The van der Waals surface area contributed by atoms with E-state index in [0.29, 0.717) is 11.7 Å². The van der Waals surface area contributed by atoms with Crippen LogP contribution in [0.1, 0.15) is 42.7 Å². The van der Waals surface area contributed by atoms with Crippen LogP contribution in [0.4, 0.5) is 0 Å². The third-order valence-corrected chi connectivity index (χ3v) is 7.48. The first-order valence-electron chi connectivity index (χ1n) is 11.4. The van der Waals surface area contributed by atoms with Gasteiger partial charge in [-0.3, -0.25) is 14.9 Å². The van der Waals surface area contributed by atoms with Crippen molar-refractivity contribution in [1.29, 1.82) is 0 Å². The van der Waals surface area contributed by atoms with Gasteiger partial charge in [0.25, 0.3) is 5.91 Å². The number of amides is 1. The van der Waals surface area contributed by atoms with Gasteiger partial charge >= 0.3 is 0 Å². The van der Waals surface area contributed by atoms with Crippen molar-refractivity contribution in [2.75, 3.05) is 13.1 Å². The predicted octanol–water partition coefficient (Wildman–Crippen LogP) is 4.66. The van der Waals surface area contributed by atoms with Crippen LogP contribution in [0.2, 0.25) is 0 Å². The smallest absolute Gasteiger partial charge is 0.271 e. The summed E-state index contributed by atoms with van der Waals surface area (Å²) in [5.74, 6) is -0.126. The predicted molar refractivity (Wildman–Crippen MR) is 132 cm³/mol. The van der Waals surface area contributed by atoms with Crippen LogP contribution in [0.3, 0.4) is 0 Å². The number of para-hydroxylation sites is 1. The van der Waals surface area contributed by atoms with Gasteiger partial charge in [0.05, 0.1) is 10.4 Å². The van der Waals surface area contributed by atoms with E-state index in [0.717, 1.165) is 63.5 Å². The standard InChI is InChI=1S/C25H28N6OS/c1-15(2)31-12-9-18(10-13-31)27-24(32)22-23(17-7-5-11-26-14-17)33-25(28-22)21-19-8-4-6-16(3)20(19)29-30-21/h4-8,11,14-15,18H,9-10,12-13H2,1-3H3,(H,27,32)(H,29,30). The van der Waals surface area contributed by atoms with Crippen LogP contribution in [0.15, 0.2) is 42.7 Å². The molecule has 0 spiro atoms. The van der Waals surface area contributed by atoms with E-state index in [9.17, 15) is 4.79 Å². The molecule has 0 unspecified atom stereocenters. The molecule has 1 amide bonds. The van der Waals surface area contributed by atoms with E-state index >= 15 is 0 Å². The molecular weight excluding hydrogens is 432 g/mol. The first-order chi connectivity index (χ1) is 16.0. The molecule has 2 N–H and O–H groups in total. The Balaban J connectivity index is 1.48. The lowest BCUT2D eigenvalue weighted by Gasteiger charge is -2.34. The lowest BCUT2D eigenvalue weighted by molar-refractivity contribution is 0.0897. The fraction of sp³-hybridized carbons (Fsp3) is 0.360. The molecule has 4 heterocycles. The van der Waals surface area contributed by atoms with Gasteiger partial charge in [0.15, 0.2) is 0 Å². The highest BCUT2D eigenvalue weighted by Crippen LogP contribution is 2.37. The van der Waals surface area contributed by atoms with Crippen LogP contribution in [-0.4, -0.2) is 56.1 Å². The third kappa shape index (κ3) is 4.28. The highest BCUT2D eigenvalue weighted by molar-refractivity contribution is 7.18. The number of pyridine rings is 1. The van der Waals surface area contributed by atoms with Crippen molar-refractivity contribution in [3.05, 3.63) is 54.0 Å². The molecule has 0 radical (unpaired) electrons. The van der Waals surface area contributed by atoms with E-state index in [-0.39, 0.29) is 11.9 Å². The number of nitrogens with zero attached hydrogens (tertiary/aromatic N) is 4. The molecule has 33 heavy (non-hydrogen) atoms. The van der Waals surface area contributed by atoms with Crippen molar-refractivity contribution in [2.24, 2.45) is 0 Å². The molecular formula is C25H28N6OS. The molecule has 8 heteroatoms. The molecule has 7 nitrogen and oxygen atoms in total. The van der Waals surface area contributed by atoms with E-state index in [1.807, 2.05) is 37.3 Å². The molecule has 5 rings (SSSR count). The number of hydrogen-bond acceptors (Lipinski definition) is 6. The highest BCUT2D eigenvalue weighted by Gasteiger charge is 2.26. The average molecular weight is 461 g/mol. The lowest BCUT2D eigenvalue weighted by Crippen LogP contribution is -2.46. The molecule has 4 aromatic rings. The Labute approximate surface area is 197 Å². The SMILES string of the molecule is Cc1cccc2c(-c3nc(C(=O)NC4CCN(C(C)C)CC4)c(-c4cccnc4)s3)[nH]nc12. The number of carbonyl (C=O) groups is 1. The van der Waals surface area contributed by atoms with Crippen LogP contribution in [-0.2, 0) is 0 Å². The van der Waals surface area contributed by atoms with Crippen LogP contribution in [0, 0.1) is 6.92 Å². The van der Waals surface area contributed by atoms with Crippen LogP contribution in [0.5, 0.6) is 0 Å². The monoisotopic (exact) mass is 460 g/mol. The van der Waals surface area contributed by atoms with Gasteiger partial charge in [0.1, 0.15) is 16.4 Å². The second kappa shape index (κ2) is 9.03. The number of fused-ring (bicyclic) bond motifs is 1. The minimum atomic E-state index is -0.126. The highest BCUT2D eigenvalue weighted by atomic mass is 32.1. The topological polar surface area (TPSA) is 86.8 Å². The van der Waals surface area contributed by atoms with Crippen molar-refractivity contribution in [1.82, 2.24) is 30.4 Å². The average Bonchev–Trinajstić information content (AvgIpc) is 3.45. The number of nitrogens with one attached hydrogen (secondary N) is 2. The summed E-state index contributed by atoms with van der Waals surface area (Å²) in [6, 6.07) is 10.6. The first kappa shape index (κ1) is 21.7. The molecule has 170 valence electrons. The van der Waals surface area contributed by atoms with Gasteiger partial charge in [-0.05, 0) is 45.2 Å². The maximum atomic E-state index is 13.4. The van der Waals surface area contributed by atoms with Crippen molar-refractivity contribution in [3.63, 3.8) is 0 Å². The maximum Gasteiger partial charge on any atom is 0.271 e. The number of aromatic nitrogens is 4. The summed E-state index contributed by atoms with van der Waals surface area (Å²) in [7, 11) is 0. The molecule has 0 aliphatic carbocycles. The van der Waals surface area contributed by atoms with Crippen molar-refractivity contribution in [2.45, 2.75) is 45.7 Å². The number of thiazole rings is 1. The Morgan fingerprint density at radius 3 is 2.76 bits per heavy atom. The summed E-state index contributed by atoms with van der Waals surface area (Å²) < 4.78 is 0. The molecule has 1 aromatic carbocycles. The maximum absolute atomic E-state index is 13.4. The number of H-pyrrole nitrogens is 1. The molecule has 1 aliphatic heterocycles. The number of likely N-dealkylation sites (tertiary alicyclic amines) is 1. The zero-order chi connectivity index (χ0) is 22.9. The van der Waals surface area contributed by atoms with Gasteiger partial charge in [0.2, 0.25) is 0 Å². The molecule has 0 bridgehead atoms. The van der Waals surface area contributed by atoms with Gasteiger partial charge in [-0.1, -0.05) is 24.3 Å². The summed E-state index contributed by atoms with van der Waals surface area (Å²) in [5.41, 5.74) is 4.21. The summed E-state index contributed by atoms with van der Waals surface area (Å²) >= 11 is 1.49. The van der Waals surface area contributed by atoms with Gasteiger partial charge in [-0.2, -0.15) is 5.10 Å². The fourth-order valence-corrected chi connectivity index (χ4v) is 5.49. The number of aromatic amines is 1. The Bertz CT molecular complexity index is 1270. The number of hydrogen-bond donors (Lipinski definition) is 2. The number of aryl methyl sites for hydroxylation is 1.